The molecule has 3 heteroatoms. The number of nitrogens with zero attached hydrogens (tertiary/aromatic N) is 2. The van der Waals surface area contributed by atoms with Crippen LogP contribution in [0.3, 0.4) is 0 Å². The maximum Gasteiger partial charge on any atom is 0.0471 e. The van der Waals surface area contributed by atoms with Crippen LogP contribution in [0.5, 0.6) is 0 Å². The number of aliphatic hydroxyl groups is 1. The first-order valence-corrected chi connectivity index (χ1v) is 6.33. The monoisotopic (exact) mass is 212 g/mol. The van der Waals surface area contributed by atoms with Crippen molar-refractivity contribution in [3.63, 3.8) is 0 Å². The van der Waals surface area contributed by atoms with E-state index in [-0.39, 0.29) is 0 Å². The van der Waals surface area contributed by atoms with E-state index in [4.69, 9.17) is 5.11 Å². The minimum Gasteiger partial charge on any atom is -0.396 e. The molecule has 2 atom stereocenters. The third kappa shape index (κ3) is 2.92. The molecule has 2 rings (SSSR count). The summed E-state index contributed by atoms with van der Waals surface area (Å²) in [5.74, 6) is 0.541. The minimum absolute atomic E-state index is 0.372. The predicted molar refractivity (Wildman–Crippen MR) is 61.9 cm³/mol. The molecule has 0 spiro atoms. The number of hydrogen-bond donors (Lipinski definition) is 1. The molecule has 0 amide bonds. The van der Waals surface area contributed by atoms with Crippen LogP contribution < -0.4 is 0 Å². The van der Waals surface area contributed by atoms with E-state index in [0.717, 1.165) is 12.6 Å². The molecule has 15 heavy (non-hydrogen) atoms. The molecule has 2 heterocycles. The van der Waals surface area contributed by atoms with Crippen LogP contribution in [0, 0.1) is 5.92 Å². The summed E-state index contributed by atoms with van der Waals surface area (Å²) in [6.07, 6.45) is 5.31. The molecule has 3 nitrogen and oxygen atoms in total. The average molecular weight is 212 g/mol. The van der Waals surface area contributed by atoms with Crippen molar-refractivity contribution in [2.45, 2.75) is 31.7 Å². The molecule has 0 saturated carbocycles. The summed E-state index contributed by atoms with van der Waals surface area (Å²) >= 11 is 0. The number of rotatable bonds is 3. The number of piperidine rings is 1. The van der Waals surface area contributed by atoms with E-state index in [1.54, 1.807) is 0 Å². The van der Waals surface area contributed by atoms with Gasteiger partial charge in [0.15, 0.2) is 0 Å². The van der Waals surface area contributed by atoms with E-state index in [0.29, 0.717) is 12.5 Å². The first-order valence-electron chi connectivity index (χ1n) is 6.33. The van der Waals surface area contributed by atoms with Crippen molar-refractivity contribution in [2.24, 2.45) is 5.92 Å². The first kappa shape index (κ1) is 11.4. The molecule has 0 aliphatic carbocycles. The van der Waals surface area contributed by atoms with Crippen LogP contribution >= 0.6 is 0 Å². The molecule has 2 aliphatic heterocycles. The van der Waals surface area contributed by atoms with Gasteiger partial charge in [-0.2, -0.15) is 0 Å². The molecule has 0 aromatic rings. The average Bonchev–Trinajstić information content (AvgIpc) is 2.69. The second kappa shape index (κ2) is 5.28. The molecule has 0 bridgehead atoms. The number of likely N-dealkylation sites (N-methyl/N-ethyl adjacent to an activating group) is 1. The molecule has 0 radical (unpaired) electrons. The van der Waals surface area contributed by atoms with E-state index in [2.05, 4.69) is 16.8 Å². The summed E-state index contributed by atoms with van der Waals surface area (Å²) < 4.78 is 0. The zero-order valence-corrected chi connectivity index (χ0v) is 9.86. The van der Waals surface area contributed by atoms with Gasteiger partial charge in [-0.1, -0.05) is 6.42 Å². The van der Waals surface area contributed by atoms with Crippen LogP contribution in [0.4, 0.5) is 0 Å². The van der Waals surface area contributed by atoms with Crippen molar-refractivity contribution in [1.82, 2.24) is 9.80 Å². The van der Waals surface area contributed by atoms with Gasteiger partial charge < -0.3 is 14.9 Å². The lowest BCUT2D eigenvalue weighted by Gasteiger charge is -2.35. The van der Waals surface area contributed by atoms with Gasteiger partial charge in [0.05, 0.1) is 0 Å². The Labute approximate surface area is 93.1 Å². The van der Waals surface area contributed by atoms with Crippen LogP contribution in [-0.2, 0) is 0 Å². The maximum atomic E-state index is 9.10. The maximum absolute atomic E-state index is 9.10. The summed E-state index contributed by atoms with van der Waals surface area (Å²) in [4.78, 5) is 5.04. The SMILES string of the molecule is CN1CCCCC1CN1CCC(CO)C1. The Bertz CT molecular complexity index is 198. The van der Waals surface area contributed by atoms with Crippen molar-refractivity contribution in [1.29, 1.82) is 0 Å². The zero-order chi connectivity index (χ0) is 10.7. The lowest BCUT2D eigenvalue weighted by molar-refractivity contribution is 0.135. The molecule has 2 unspecified atom stereocenters. The first-order chi connectivity index (χ1) is 7.29. The van der Waals surface area contributed by atoms with Crippen molar-refractivity contribution >= 4 is 0 Å². The highest BCUT2D eigenvalue weighted by molar-refractivity contribution is 4.82. The fourth-order valence-electron chi connectivity index (χ4n) is 2.90. The summed E-state index contributed by atoms with van der Waals surface area (Å²) in [5, 5.41) is 9.10. The van der Waals surface area contributed by atoms with Gasteiger partial charge in [-0.25, -0.2) is 0 Å². The third-order valence-corrected chi connectivity index (χ3v) is 4.02. The Morgan fingerprint density at radius 3 is 2.73 bits per heavy atom. The van der Waals surface area contributed by atoms with Crippen molar-refractivity contribution in [3.05, 3.63) is 0 Å². The minimum atomic E-state index is 0.372. The molecular formula is C12H24N2O. The number of likely N-dealkylation sites (tertiary alicyclic amines) is 2. The van der Waals surface area contributed by atoms with E-state index < -0.39 is 0 Å². The highest BCUT2D eigenvalue weighted by Gasteiger charge is 2.26. The summed E-state index contributed by atoms with van der Waals surface area (Å²) in [6.45, 7) is 5.16. The quantitative estimate of drug-likeness (QED) is 0.749. The van der Waals surface area contributed by atoms with Gasteiger partial charge in [-0.05, 0) is 45.3 Å². The molecule has 0 aromatic heterocycles. The van der Waals surface area contributed by atoms with E-state index in [1.165, 1.54) is 45.3 Å². The zero-order valence-electron chi connectivity index (χ0n) is 9.86. The smallest absolute Gasteiger partial charge is 0.0471 e. The number of aliphatic hydroxyl groups excluding tert-OH is 1. The molecule has 2 saturated heterocycles. The van der Waals surface area contributed by atoms with Crippen LogP contribution in [0.2, 0.25) is 0 Å². The lowest BCUT2D eigenvalue weighted by Crippen LogP contribution is -2.44. The second-order valence-corrected chi connectivity index (χ2v) is 5.23. The lowest BCUT2D eigenvalue weighted by atomic mass is 10.0. The van der Waals surface area contributed by atoms with Crippen LogP contribution in [0.1, 0.15) is 25.7 Å². The Morgan fingerprint density at radius 2 is 2.07 bits per heavy atom. The summed E-state index contributed by atoms with van der Waals surface area (Å²) in [6, 6.07) is 0.760. The second-order valence-electron chi connectivity index (χ2n) is 5.23. The van der Waals surface area contributed by atoms with E-state index in [9.17, 15) is 0 Å². The number of hydrogen-bond acceptors (Lipinski definition) is 3. The third-order valence-electron chi connectivity index (χ3n) is 4.02. The predicted octanol–water partition coefficient (Wildman–Crippen LogP) is 0.785. The molecule has 0 aromatic carbocycles. The molecule has 1 N–H and O–H groups in total. The Morgan fingerprint density at radius 1 is 1.20 bits per heavy atom. The van der Waals surface area contributed by atoms with Crippen molar-refractivity contribution in [3.8, 4) is 0 Å². The highest BCUT2D eigenvalue weighted by Crippen LogP contribution is 2.20. The standard InChI is InChI=1S/C12H24N2O/c1-13-6-3-2-4-12(13)9-14-7-5-11(8-14)10-15/h11-12,15H,2-10H2,1H3. The van der Waals surface area contributed by atoms with E-state index >= 15 is 0 Å². The van der Waals surface area contributed by atoms with Crippen molar-refractivity contribution in [2.75, 3.05) is 39.8 Å². The van der Waals surface area contributed by atoms with Gasteiger partial charge in [0.2, 0.25) is 0 Å². The van der Waals surface area contributed by atoms with Gasteiger partial charge in [0, 0.05) is 25.7 Å². The van der Waals surface area contributed by atoms with Gasteiger partial charge >= 0.3 is 0 Å². The molecule has 2 aliphatic rings. The summed E-state index contributed by atoms with van der Waals surface area (Å²) in [5.41, 5.74) is 0. The van der Waals surface area contributed by atoms with Crippen molar-refractivity contribution < 1.29 is 5.11 Å². The van der Waals surface area contributed by atoms with Crippen LogP contribution in [0.15, 0.2) is 0 Å². The van der Waals surface area contributed by atoms with Crippen LogP contribution in [0.25, 0.3) is 0 Å². The van der Waals surface area contributed by atoms with Gasteiger partial charge in [-0.15, -0.1) is 0 Å². The van der Waals surface area contributed by atoms with Crippen LogP contribution in [-0.4, -0.2) is 60.8 Å². The Balaban J connectivity index is 1.76. The topological polar surface area (TPSA) is 26.7 Å². The van der Waals surface area contributed by atoms with E-state index in [1.807, 2.05) is 0 Å². The molecular weight excluding hydrogens is 188 g/mol. The van der Waals surface area contributed by atoms with Gasteiger partial charge in [0.1, 0.15) is 0 Å². The Hall–Kier alpha value is -0.120. The largest absolute Gasteiger partial charge is 0.396 e. The normalized spacial score (nSPS) is 34.8. The van der Waals surface area contributed by atoms with Gasteiger partial charge in [-0.3, -0.25) is 0 Å². The summed E-state index contributed by atoms with van der Waals surface area (Å²) in [7, 11) is 2.25. The van der Waals surface area contributed by atoms with Gasteiger partial charge in [0.25, 0.3) is 0 Å². The Kier molecular flexibility index (Phi) is 4.00. The fraction of sp³-hybridized carbons (Fsp3) is 1.00. The molecule has 2 fully saturated rings. The highest BCUT2D eigenvalue weighted by atomic mass is 16.3. The molecule has 88 valence electrons. The fourth-order valence-corrected chi connectivity index (χ4v) is 2.90.